The van der Waals surface area contributed by atoms with Crippen LogP contribution in [0.25, 0.3) is 6.08 Å². The molecule has 0 bridgehead atoms. The van der Waals surface area contributed by atoms with Gasteiger partial charge in [-0.3, -0.25) is 0 Å². The van der Waals surface area contributed by atoms with E-state index >= 15 is 0 Å². The molecule has 0 radical (unpaired) electrons. The Kier molecular flexibility index (Phi) is 6.06. The molecule has 2 nitrogen and oxygen atoms in total. The molecule has 2 heteroatoms. The van der Waals surface area contributed by atoms with Gasteiger partial charge in [0.15, 0.2) is 0 Å². The minimum absolute atomic E-state index is 0.458. The van der Waals surface area contributed by atoms with Crippen LogP contribution in [-0.4, -0.2) is 17.2 Å². The summed E-state index contributed by atoms with van der Waals surface area (Å²) in [6.45, 7) is 11.0. The molecule has 0 saturated heterocycles. The lowest BCUT2D eigenvalue weighted by molar-refractivity contribution is 0.603. The zero-order chi connectivity index (χ0) is 12.7. The van der Waals surface area contributed by atoms with E-state index in [0.29, 0.717) is 6.04 Å². The second-order valence-electron chi connectivity index (χ2n) is 4.69. The first-order valence-corrected chi connectivity index (χ1v) is 6.75. The molecule has 1 rings (SSSR count). The lowest BCUT2D eigenvalue weighted by Crippen LogP contribution is -2.27. The van der Waals surface area contributed by atoms with E-state index in [-0.39, 0.29) is 0 Å². The molecule has 0 aliphatic carbocycles. The lowest BCUT2D eigenvalue weighted by atomic mass is 10.1. The van der Waals surface area contributed by atoms with Crippen LogP contribution in [-0.2, 0) is 6.54 Å². The van der Waals surface area contributed by atoms with Crippen LogP contribution >= 0.6 is 0 Å². The Morgan fingerprint density at radius 3 is 2.82 bits per heavy atom. The average molecular weight is 234 g/mol. The third kappa shape index (κ3) is 4.39. The van der Waals surface area contributed by atoms with Crippen molar-refractivity contribution in [2.24, 2.45) is 0 Å². The quantitative estimate of drug-likeness (QED) is 0.761. The van der Waals surface area contributed by atoms with Gasteiger partial charge in [0.2, 0.25) is 0 Å². The zero-order valence-corrected chi connectivity index (χ0v) is 11.7. The van der Waals surface area contributed by atoms with Gasteiger partial charge >= 0.3 is 0 Å². The number of rotatable bonds is 7. The minimum atomic E-state index is 0.458. The van der Waals surface area contributed by atoms with Crippen molar-refractivity contribution in [3.05, 3.63) is 29.6 Å². The van der Waals surface area contributed by atoms with Crippen LogP contribution in [0.15, 0.2) is 23.9 Å². The normalized spacial score (nSPS) is 14.0. The van der Waals surface area contributed by atoms with Gasteiger partial charge in [0.1, 0.15) is 0 Å². The highest BCUT2D eigenvalue weighted by Gasteiger charge is 2.04. The predicted octanol–water partition coefficient (Wildman–Crippen LogP) is 3.69. The van der Waals surface area contributed by atoms with Gasteiger partial charge in [-0.15, -0.1) is 0 Å². The number of hydrogen-bond acceptors (Lipinski definition) is 1. The van der Waals surface area contributed by atoms with Gasteiger partial charge in [0.25, 0.3) is 0 Å². The summed E-state index contributed by atoms with van der Waals surface area (Å²) in [5.41, 5.74) is 2.71. The van der Waals surface area contributed by atoms with Crippen LogP contribution in [0.3, 0.4) is 0 Å². The van der Waals surface area contributed by atoms with Crippen LogP contribution in [0.2, 0.25) is 0 Å². The first-order valence-electron chi connectivity index (χ1n) is 6.75. The molecule has 0 fully saturated rings. The van der Waals surface area contributed by atoms with Crippen LogP contribution in [0.5, 0.6) is 0 Å². The summed E-state index contributed by atoms with van der Waals surface area (Å²) < 4.78 is 2.32. The Hall–Kier alpha value is -1.02. The predicted molar refractivity (Wildman–Crippen MR) is 76.1 cm³/mol. The Balaban J connectivity index is 2.68. The first-order chi connectivity index (χ1) is 8.19. The van der Waals surface area contributed by atoms with E-state index in [1.807, 2.05) is 0 Å². The van der Waals surface area contributed by atoms with Crippen LogP contribution in [0, 0.1) is 0 Å². The van der Waals surface area contributed by atoms with E-state index in [4.69, 9.17) is 0 Å². The fourth-order valence-electron chi connectivity index (χ4n) is 1.88. The number of aromatic nitrogens is 1. The SMILES string of the molecule is CCCNC(C)/C(C)=C/c1cccn1CCC. The van der Waals surface area contributed by atoms with Gasteiger partial charge in [-0.25, -0.2) is 0 Å². The molecular formula is C15H26N2. The second-order valence-corrected chi connectivity index (χ2v) is 4.69. The van der Waals surface area contributed by atoms with Crippen molar-refractivity contribution < 1.29 is 0 Å². The van der Waals surface area contributed by atoms with E-state index in [2.05, 4.69) is 62.0 Å². The number of nitrogens with zero attached hydrogens (tertiary/aromatic N) is 1. The third-order valence-electron chi connectivity index (χ3n) is 3.09. The lowest BCUT2D eigenvalue weighted by Gasteiger charge is -2.14. The maximum atomic E-state index is 3.52. The van der Waals surface area contributed by atoms with Crippen molar-refractivity contribution >= 4 is 6.08 Å². The van der Waals surface area contributed by atoms with Gasteiger partial charge in [-0.05, 0) is 51.4 Å². The zero-order valence-electron chi connectivity index (χ0n) is 11.7. The van der Waals surface area contributed by atoms with Crippen LogP contribution in [0.4, 0.5) is 0 Å². The average Bonchev–Trinajstić information content (AvgIpc) is 2.74. The monoisotopic (exact) mass is 234 g/mol. The molecule has 0 aliphatic heterocycles. The van der Waals surface area contributed by atoms with Crippen molar-refractivity contribution in [3.8, 4) is 0 Å². The maximum absolute atomic E-state index is 3.52. The van der Waals surface area contributed by atoms with Gasteiger partial charge < -0.3 is 9.88 Å². The molecule has 1 unspecified atom stereocenters. The Morgan fingerprint density at radius 2 is 2.18 bits per heavy atom. The highest BCUT2D eigenvalue weighted by atomic mass is 15.0. The Labute approximate surface area is 106 Å². The summed E-state index contributed by atoms with van der Waals surface area (Å²) >= 11 is 0. The van der Waals surface area contributed by atoms with Crippen molar-refractivity contribution in [1.82, 2.24) is 9.88 Å². The molecular weight excluding hydrogens is 208 g/mol. The highest BCUT2D eigenvalue weighted by Crippen LogP contribution is 2.11. The fourth-order valence-corrected chi connectivity index (χ4v) is 1.88. The Bertz CT molecular complexity index is 350. The fraction of sp³-hybridized carbons (Fsp3) is 0.600. The van der Waals surface area contributed by atoms with Gasteiger partial charge in [0, 0.05) is 24.5 Å². The van der Waals surface area contributed by atoms with Crippen molar-refractivity contribution in [2.45, 2.75) is 53.1 Å². The standard InChI is InChI=1S/C15H26N2/c1-5-9-16-14(4)13(3)12-15-8-7-11-17(15)10-6-2/h7-8,11-12,14,16H,5-6,9-10H2,1-4H3/b13-12+. The number of hydrogen-bond donors (Lipinski definition) is 1. The first kappa shape index (κ1) is 14.0. The Morgan fingerprint density at radius 1 is 1.41 bits per heavy atom. The summed E-state index contributed by atoms with van der Waals surface area (Å²) in [5, 5.41) is 3.52. The van der Waals surface area contributed by atoms with E-state index in [9.17, 15) is 0 Å². The maximum Gasteiger partial charge on any atom is 0.0406 e. The molecule has 1 aromatic heterocycles. The number of nitrogens with one attached hydrogen (secondary N) is 1. The molecule has 1 N–H and O–H groups in total. The molecule has 0 aliphatic rings. The van der Waals surface area contributed by atoms with E-state index in [0.717, 1.165) is 13.1 Å². The second kappa shape index (κ2) is 7.33. The molecule has 1 aromatic rings. The molecule has 1 atom stereocenters. The summed E-state index contributed by atoms with van der Waals surface area (Å²) in [7, 11) is 0. The van der Waals surface area contributed by atoms with E-state index < -0.39 is 0 Å². The third-order valence-corrected chi connectivity index (χ3v) is 3.09. The molecule has 96 valence electrons. The molecule has 0 saturated carbocycles. The summed E-state index contributed by atoms with van der Waals surface area (Å²) in [4.78, 5) is 0. The molecule has 0 amide bonds. The largest absolute Gasteiger partial charge is 0.348 e. The molecule has 0 spiro atoms. The summed E-state index contributed by atoms with van der Waals surface area (Å²) in [6.07, 6.45) is 6.82. The topological polar surface area (TPSA) is 17.0 Å². The molecule has 0 aromatic carbocycles. The molecule has 1 heterocycles. The summed E-state index contributed by atoms with van der Waals surface area (Å²) in [5.74, 6) is 0. The van der Waals surface area contributed by atoms with Crippen LogP contribution < -0.4 is 5.32 Å². The minimum Gasteiger partial charge on any atom is -0.348 e. The van der Waals surface area contributed by atoms with Crippen molar-refractivity contribution in [2.75, 3.05) is 6.54 Å². The van der Waals surface area contributed by atoms with Gasteiger partial charge in [0.05, 0.1) is 0 Å². The number of aryl methyl sites for hydroxylation is 1. The highest BCUT2D eigenvalue weighted by molar-refractivity contribution is 5.50. The van der Waals surface area contributed by atoms with Gasteiger partial charge in [-0.2, -0.15) is 0 Å². The van der Waals surface area contributed by atoms with Gasteiger partial charge in [-0.1, -0.05) is 19.4 Å². The van der Waals surface area contributed by atoms with Crippen molar-refractivity contribution in [1.29, 1.82) is 0 Å². The van der Waals surface area contributed by atoms with Crippen LogP contribution in [0.1, 0.15) is 46.2 Å². The molecule has 17 heavy (non-hydrogen) atoms. The van der Waals surface area contributed by atoms with Crippen molar-refractivity contribution in [3.63, 3.8) is 0 Å². The van der Waals surface area contributed by atoms with E-state index in [1.54, 1.807) is 0 Å². The smallest absolute Gasteiger partial charge is 0.0406 e. The van der Waals surface area contributed by atoms with E-state index in [1.165, 1.54) is 24.1 Å². The summed E-state index contributed by atoms with van der Waals surface area (Å²) in [6, 6.07) is 4.77.